The van der Waals surface area contributed by atoms with Crippen molar-refractivity contribution in [3.8, 4) is 0 Å². The van der Waals surface area contributed by atoms with Crippen molar-refractivity contribution in [3.63, 3.8) is 0 Å². The number of nitrogens with two attached hydrogens (primary N) is 1. The van der Waals surface area contributed by atoms with Crippen molar-refractivity contribution in [2.45, 2.75) is 30.9 Å². The van der Waals surface area contributed by atoms with Gasteiger partial charge in [-0.05, 0) is 12.8 Å². The lowest BCUT2D eigenvalue weighted by atomic mass is 9.99. The standard InChI is InChI=1S/C6H11NO3S/c7-11(9,10)6-4-2-1-3-5(6)8/h6H,1-4H2,(H2,7,9,10)/t6-/m0/s1. The Hall–Kier alpha value is -0.420. The normalized spacial score (nSPS) is 27.0. The molecule has 5 heteroatoms. The SMILES string of the molecule is NS(=O)(=O)[C@H]1CCCCC1=O. The molecule has 0 heterocycles. The maximum atomic E-state index is 11.0. The average molecular weight is 177 g/mol. The lowest BCUT2D eigenvalue weighted by Crippen LogP contribution is -2.37. The Labute approximate surface area is 65.8 Å². The lowest BCUT2D eigenvalue weighted by Gasteiger charge is -2.17. The number of sulfonamides is 1. The largest absolute Gasteiger partial charge is 0.298 e. The number of primary sulfonamides is 1. The monoisotopic (exact) mass is 177 g/mol. The van der Waals surface area contributed by atoms with Gasteiger partial charge in [0.05, 0.1) is 0 Å². The van der Waals surface area contributed by atoms with Gasteiger partial charge in [-0.25, -0.2) is 13.6 Å². The first-order valence-corrected chi connectivity index (χ1v) is 5.17. The molecule has 0 saturated heterocycles. The molecule has 2 N–H and O–H groups in total. The summed E-state index contributed by atoms with van der Waals surface area (Å²) in [6, 6.07) is 0. The molecule has 11 heavy (non-hydrogen) atoms. The van der Waals surface area contributed by atoms with Gasteiger partial charge in [0, 0.05) is 6.42 Å². The molecule has 0 unspecified atom stereocenters. The molecule has 0 aliphatic heterocycles. The molecule has 0 amide bonds. The van der Waals surface area contributed by atoms with Crippen LogP contribution >= 0.6 is 0 Å². The van der Waals surface area contributed by atoms with Crippen LogP contribution in [0.5, 0.6) is 0 Å². The summed E-state index contributed by atoms with van der Waals surface area (Å²) in [4.78, 5) is 11.0. The summed E-state index contributed by atoms with van der Waals surface area (Å²) >= 11 is 0. The molecule has 0 aromatic rings. The predicted octanol–water partition coefficient (Wildman–Crippen LogP) is -0.213. The van der Waals surface area contributed by atoms with Gasteiger partial charge in [0.15, 0.2) is 5.78 Å². The van der Waals surface area contributed by atoms with Crippen LogP contribution in [0.1, 0.15) is 25.7 Å². The Kier molecular flexibility index (Phi) is 2.29. The minimum atomic E-state index is -3.62. The fraction of sp³-hybridized carbons (Fsp3) is 0.833. The first-order chi connectivity index (χ1) is 5.02. The number of carbonyl (C=O) groups is 1. The maximum absolute atomic E-state index is 11.0. The van der Waals surface area contributed by atoms with E-state index in [9.17, 15) is 13.2 Å². The van der Waals surface area contributed by atoms with Crippen LogP contribution in [0, 0.1) is 0 Å². The number of Topliss-reactive ketones (excluding diaryl/α,β-unsaturated/α-hetero) is 1. The second-order valence-electron chi connectivity index (χ2n) is 2.79. The van der Waals surface area contributed by atoms with Gasteiger partial charge in [-0.1, -0.05) is 6.42 Å². The van der Waals surface area contributed by atoms with E-state index < -0.39 is 15.3 Å². The summed E-state index contributed by atoms with van der Waals surface area (Å²) in [5.41, 5.74) is 0. The van der Waals surface area contributed by atoms with Gasteiger partial charge in [0.25, 0.3) is 0 Å². The van der Waals surface area contributed by atoms with Gasteiger partial charge in [-0.2, -0.15) is 0 Å². The molecule has 1 atom stereocenters. The Morgan fingerprint density at radius 3 is 2.36 bits per heavy atom. The van der Waals surface area contributed by atoms with Crippen molar-refractivity contribution in [1.29, 1.82) is 0 Å². The van der Waals surface area contributed by atoms with E-state index in [4.69, 9.17) is 5.14 Å². The Balaban J connectivity index is 2.78. The Morgan fingerprint density at radius 1 is 1.36 bits per heavy atom. The molecule has 0 spiro atoms. The van der Waals surface area contributed by atoms with Crippen molar-refractivity contribution in [3.05, 3.63) is 0 Å². The summed E-state index contributed by atoms with van der Waals surface area (Å²) in [7, 11) is -3.62. The fourth-order valence-corrected chi connectivity index (χ4v) is 2.28. The van der Waals surface area contributed by atoms with Crippen LogP contribution in [-0.2, 0) is 14.8 Å². The topological polar surface area (TPSA) is 77.2 Å². The highest BCUT2D eigenvalue weighted by molar-refractivity contribution is 7.90. The van der Waals surface area contributed by atoms with E-state index in [1.54, 1.807) is 0 Å². The zero-order chi connectivity index (χ0) is 8.48. The van der Waals surface area contributed by atoms with E-state index in [2.05, 4.69) is 0 Å². The van der Waals surface area contributed by atoms with Crippen LogP contribution in [0.25, 0.3) is 0 Å². The zero-order valence-electron chi connectivity index (χ0n) is 6.12. The molecule has 0 aromatic heterocycles. The van der Waals surface area contributed by atoms with E-state index in [1.165, 1.54) is 0 Å². The summed E-state index contributed by atoms with van der Waals surface area (Å²) in [5.74, 6) is -0.223. The second kappa shape index (κ2) is 2.91. The average Bonchev–Trinajstić information content (AvgIpc) is 1.86. The molecule has 1 aliphatic carbocycles. The van der Waals surface area contributed by atoms with Gasteiger partial charge in [-0.15, -0.1) is 0 Å². The molecule has 1 rings (SSSR count). The van der Waals surface area contributed by atoms with Crippen LogP contribution in [0.4, 0.5) is 0 Å². The molecular formula is C6H11NO3S. The van der Waals surface area contributed by atoms with Crippen LogP contribution in [-0.4, -0.2) is 19.5 Å². The predicted molar refractivity (Wildman–Crippen MR) is 40.4 cm³/mol. The molecule has 4 nitrogen and oxygen atoms in total. The van der Waals surface area contributed by atoms with Crippen molar-refractivity contribution >= 4 is 15.8 Å². The number of rotatable bonds is 1. The zero-order valence-corrected chi connectivity index (χ0v) is 6.93. The Bertz CT molecular complexity index is 257. The van der Waals surface area contributed by atoms with Crippen molar-refractivity contribution in [1.82, 2.24) is 0 Å². The van der Waals surface area contributed by atoms with Crippen molar-refractivity contribution in [2.75, 3.05) is 0 Å². The molecule has 0 aromatic carbocycles. The number of ketones is 1. The third-order valence-electron chi connectivity index (χ3n) is 1.90. The van der Waals surface area contributed by atoms with Crippen LogP contribution in [0.3, 0.4) is 0 Å². The number of hydrogen-bond donors (Lipinski definition) is 1. The summed E-state index contributed by atoms with van der Waals surface area (Å²) in [6.45, 7) is 0. The van der Waals surface area contributed by atoms with E-state index in [0.717, 1.165) is 12.8 Å². The highest BCUT2D eigenvalue weighted by Gasteiger charge is 2.31. The lowest BCUT2D eigenvalue weighted by molar-refractivity contribution is -0.119. The minimum absolute atomic E-state index is 0.223. The van der Waals surface area contributed by atoms with Gasteiger partial charge in [-0.3, -0.25) is 4.79 Å². The first-order valence-electron chi connectivity index (χ1n) is 3.56. The molecule has 1 fully saturated rings. The van der Waals surface area contributed by atoms with E-state index in [-0.39, 0.29) is 5.78 Å². The van der Waals surface area contributed by atoms with Gasteiger partial charge >= 0.3 is 0 Å². The minimum Gasteiger partial charge on any atom is -0.298 e. The highest BCUT2D eigenvalue weighted by atomic mass is 32.2. The molecule has 64 valence electrons. The summed E-state index contributed by atoms with van der Waals surface area (Å²) in [5, 5.41) is 3.93. The van der Waals surface area contributed by atoms with Gasteiger partial charge in [0.2, 0.25) is 10.0 Å². The summed E-state index contributed by atoms with van der Waals surface area (Å²) in [6.07, 6.45) is 2.34. The maximum Gasteiger partial charge on any atom is 0.219 e. The van der Waals surface area contributed by atoms with Crippen molar-refractivity contribution in [2.24, 2.45) is 5.14 Å². The first kappa shape index (κ1) is 8.67. The van der Waals surface area contributed by atoms with Gasteiger partial charge in [0.1, 0.15) is 5.25 Å². The summed E-state index contributed by atoms with van der Waals surface area (Å²) < 4.78 is 21.5. The van der Waals surface area contributed by atoms with E-state index in [1.807, 2.05) is 0 Å². The molecule has 0 bridgehead atoms. The number of hydrogen-bond acceptors (Lipinski definition) is 3. The number of carbonyl (C=O) groups excluding carboxylic acids is 1. The van der Waals surface area contributed by atoms with Crippen LogP contribution in [0.2, 0.25) is 0 Å². The second-order valence-corrected chi connectivity index (χ2v) is 4.54. The van der Waals surface area contributed by atoms with Crippen LogP contribution < -0.4 is 5.14 Å². The van der Waals surface area contributed by atoms with E-state index in [0.29, 0.717) is 12.8 Å². The Morgan fingerprint density at radius 2 is 2.00 bits per heavy atom. The third kappa shape index (κ3) is 2.00. The quantitative estimate of drug-likeness (QED) is 0.601. The van der Waals surface area contributed by atoms with E-state index >= 15 is 0 Å². The van der Waals surface area contributed by atoms with Crippen LogP contribution in [0.15, 0.2) is 0 Å². The van der Waals surface area contributed by atoms with Gasteiger partial charge < -0.3 is 0 Å². The highest BCUT2D eigenvalue weighted by Crippen LogP contribution is 2.18. The van der Waals surface area contributed by atoms with Crippen molar-refractivity contribution < 1.29 is 13.2 Å². The molecule has 0 radical (unpaired) electrons. The third-order valence-corrected chi connectivity index (χ3v) is 3.19. The smallest absolute Gasteiger partial charge is 0.219 e. The fourth-order valence-electron chi connectivity index (χ4n) is 1.30. The molecule has 1 saturated carbocycles. The molecular weight excluding hydrogens is 166 g/mol. The molecule has 1 aliphatic rings.